The molecule has 2 heterocycles. The largest absolute Gasteiger partial charge is 0.417 e. The van der Waals surface area contributed by atoms with Crippen LogP contribution in [0, 0.1) is 0 Å². The zero-order chi connectivity index (χ0) is 31.6. The molecular formula is C28H35F6N5O3S. The van der Waals surface area contributed by atoms with Gasteiger partial charge in [0, 0.05) is 83.7 Å². The van der Waals surface area contributed by atoms with E-state index in [-0.39, 0.29) is 17.6 Å². The molecule has 238 valence electrons. The van der Waals surface area contributed by atoms with Gasteiger partial charge in [0.05, 0.1) is 16.0 Å². The van der Waals surface area contributed by atoms with Gasteiger partial charge in [0.2, 0.25) is 15.9 Å². The number of rotatable bonds is 8. The molecule has 0 atom stereocenters. The molecule has 0 radical (unpaired) electrons. The fourth-order valence-corrected chi connectivity index (χ4v) is 6.36. The van der Waals surface area contributed by atoms with Gasteiger partial charge in [0.15, 0.2) is 0 Å². The number of likely N-dealkylation sites (tertiary alicyclic amines) is 1. The Labute approximate surface area is 247 Å². The van der Waals surface area contributed by atoms with E-state index < -0.39 is 38.4 Å². The summed E-state index contributed by atoms with van der Waals surface area (Å²) in [6.45, 7) is 4.06. The topological polar surface area (TPSA) is 76.2 Å². The van der Waals surface area contributed by atoms with Crippen molar-refractivity contribution in [1.29, 1.82) is 0 Å². The van der Waals surface area contributed by atoms with Gasteiger partial charge in [-0.05, 0) is 55.3 Å². The maximum atomic E-state index is 13.7. The molecule has 2 aliphatic heterocycles. The number of hydrogen-bond donors (Lipinski definition) is 1. The van der Waals surface area contributed by atoms with Crippen LogP contribution in [-0.4, -0.2) is 94.4 Å². The van der Waals surface area contributed by atoms with Crippen molar-refractivity contribution < 1.29 is 39.6 Å². The summed E-state index contributed by atoms with van der Waals surface area (Å²) in [4.78, 5) is 17.9. The Kier molecular flexibility index (Phi) is 9.86. The summed E-state index contributed by atoms with van der Waals surface area (Å²) in [7, 11) is -1.95. The summed E-state index contributed by atoms with van der Waals surface area (Å²) < 4.78 is 105. The molecule has 0 bridgehead atoms. The molecule has 1 amide bonds. The van der Waals surface area contributed by atoms with Crippen LogP contribution in [0.2, 0.25) is 0 Å². The SMILES string of the molecule is CN(C)S(=O)(=O)c1ccc(NC2CCN(C(=O)CCN3CCN(c4ccc(C(F)(F)F)cc4)CC3)CC2)cc1C(F)(F)F. The minimum absolute atomic E-state index is 0.0128. The molecule has 4 rings (SSSR count). The first-order valence-electron chi connectivity index (χ1n) is 13.9. The second-order valence-corrected chi connectivity index (χ2v) is 13.0. The van der Waals surface area contributed by atoms with Crippen molar-refractivity contribution in [3.8, 4) is 0 Å². The van der Waals surface area contributed by atoms with E-state index in [1.165, 1.54) is 32.3 Å². The average Bonchev–Trinajstić information content (AvgIpc) is 2.95. The number of nitrogens with one attached hydrogen (secondary N) is 1. The normalized spacial score (nSPS) is 17.9. The first kappa shape index (κ1) is 32.9. The molecule has 0 spiro atoms. The standard InChI is InChI=1S/C28H35F6N5O3S/c1-36(2)43(41,42)25-8-5-22(19-24(25)28(32,33)34)35-21-9-13-39(14-10-21)26(40)11-12-37-15-17-38(18-16-37)23-6-3-20(4-7-23)27(29,30)31/h3-8,19,21,35H,9-18H2,1-2H3. The minimum atomic E-state index is -4.86. The van der Waals surface area contributed by atoms with Gasteiger partial charge in [0.25, 0.3) is 0 Å². The number of hydrogen-bond acceptors (Lipinski definition) is 6. The molecule has 8 nitrogen and oxygen atoms in total. The molecule has 2 saturated heterocycles. The quantitative estimate of drug-likeness (QED) is 0.428. The molecule has 15 heteroatoms. The number of amides is 1. The van der Waals surface area contributed by atoms with Crippen LogP contribution >= 0.6 is 0 Å². The van der Waals surface area contributed by atoms with Gasteiger partial charge < -0.3 is 15.1 Å². The Bertz CT molecular complexity index is 1370. The van der Waals surface area contributed by atoms with E-state index in [4.69, 9.17) is 0 Å². The van der Waals surface area contributed by atoms with Gasteiger partial charge in [-0.2, -0.15) is 26.3 Å². The van der Waals surface area contributed by atoms with E-state index >= 15 is 0 Å². The molecule has 2 aromatic rings. The first-order valence-corrected chi connectivity index (χ1v) is 15.3. The van der Waals surface area contributed by atoms with Crippen molar-refractivity contribution in [1.82, 2.24) is 14.1 Å². The highest BCUT2D eigenvalue weighted by molar-refractivity contribution is 7.89. The highest BCUT2D eigenvalue weighted by atomic mass is 32.2. The van der Waals surface area contributed by atoms with Crippen LogP contribution in [-0.2, 0) is 27.2 Å². The fraction of sp³-hybridized carbons (Fsp3) is 0.536. The van der Waals surface area contributed by atoms with Gasteiger partial charge in [-0.1, -0.05) is 0 Å². The Balaban J connectivity index is 1.23. The number of sulfonamides is 1. The van der Waals surface area contributed by atoms with Crippen LogP contribution in [0.3, 0.4) is 0 Å². The zero-order valence-electron chi connectivity index (χ0n) is 23.9. The molecular weight excluding hydrogens is 600 g/mol. The Morgan fingerprint density at radius 3 is 2.02 bits per heavy atom. The third kappa shape index (κ3) is 8.12. The predicted molar refractivity (Wildman–Crippen MR) is 150 cm³/mol. The summed E-state index contributed by atoms with van der Waals surface area (Å²) in [5.41, 5.74) is -1.04. The van der Waals surface area contributed by atoms with Gasteiger partial charge in [-0.3, -0.25) is 9.69 Å². The lowest BCUT2D eigenvalue weighted by Gasteiger charge is -2.37. The maximum absolute atomic E-state index is 13.7. The zero-order valence-corrected chi connectivity index (χ0v) is 24.7. The molecule has 0 unspecified atom stereocenters. The number of benzene rings is 2. The third-order valence-corrected chi connectivity index (χ3v) is 9.71. The van der Waals surface area contributed by atoms with Crippen molar-refractivity contribution >= 4 is 27.3 Å². The van der Waals surface area contributed by atoms with Crippen molar-refractivity contribution in [2.24, 2.45) is 0 Å². The average molecular weight is 636 g/mol. The molecule has 0 saturated carbocycles. The van der Waals surface area contributed by atoms with E-state index in [0.29, 0.717) is 65.1 Å². The smallest absolute Gasteiger partial charge is 0.382 e. The van der Waals surface area contributed by atoms with Crippen LogP contribution in [0.1, 0.15) is 30.4 Å². The number of alkyl halides is 6. The van der Waals surface area contributed by atoms with E-state index in [2.05, 4.69) is 10.2 Å². The van der Waals surface area contributed by atoms with Crippen LogP contribution in [0.4, 0.5) is 37.7 Å². The van der Waals surface area contributed by atoms with Crippen molar-refractivity contribution in [2.45, 2.75) is 42.6 Å². The van der Waals surface area contributed by atoms with E-state index in [9.17, 15) is 39.6 Å². The molecule has 0 aromatic heterocycles. The number of halogens is 6. The van der Waals surface area contributed by atoms with Crippen LogP contribution in [0.5, 0.6) is 0 Å². The molecule has 43 heavy (non-hydrogen) atoms. The number of anilines is 2. The molecule has 1 N–H and O–H groups in total. The Hall–Kier alpha value is -3.04. The highest BCUT2D eigenvalue weighted by Crippen LogP contribution is 2.37. The lowest BCUT2D eigenvalue weighted by molar-refractivity contribution is -0.140. The number of nitrogens with zero attached hydrogens (tertiary/aromatic N) is 4. The van der Waals surface area contributed by atoms with Crippen molar-refractivity contribution in [3.05, 3.63) is 53.6 Å². The molecule has 2 aromatic carbocycles. The Morgan fingerprint density at radius 1 is 0.884 bits per heavy atom. The predicted octanol–water partition coefficient (Wildman–Crippen LogP) is 4.59. The minimum Gasteiger partial charge on any atom is -0.382 e. The lowest BCUT2D eigenvalue weighted by atomic mass is 10.0. The van der Waals surface area contributed by atoms with Crippen molar-refractivity contribution in [2.75, 3.05) is 70.1 Å². The Morgan fingerprint density at radius 2 is 1.49 bits per heavy atom. The first-order chi connectivity index (χ1) is 20.1. The van der Waals surface area contributed by atoms with Gasteiger partial charge in [0.1, 0.15) is 0 Å². The summed E-state index contributed by atoms with van der Waals surface area (Å²) >= 11 is 0. The second-order valence-electron chi connectivity index (χ2n) is 10.9. The monoisotopic (exact) mass is 635 g/mol. The van der Waals surface area contributed by atoms with E-state index in [1.807, 2.05) is 4.90 Å². The van der Waals surface area contributed by atoms with Gasteiger partial charge >= 0.3 is 12.4 Å². The molecule has 2 fully saturated rings. The summed E-state index contributed by atoms with van der Waals surface area (Å²) in [5, 5.41) is 3.06. The number of piperazine rings is 1. The van der Waals surface area contributed by atoms with Crippen LogP contribution in [0.15, 0.2) is 47.4 Å². The molecule has 2 aliphatic rings. The summed E-state index contributed by atoms with van der Waals surface area (Å²) in [5.74, 6) is -0.0128. The van der Waals surface area contributed by atoms with E-state index in [1.54, 1.807) is 4.90 Å². The summed E-state index contributed by atoms with van der Waals surface area (Å²) in [6, 6.07) is 8.01. The third-order valence-electron chi connectivity index (χ3n) is 7.84. The molecule has 0 aliphatic carbocycles. The number of carbonyl (C=O) groups excluding carboxylic acids is 1. The van der Waals surface area contributed by atoms with Crippen LogP contribution in [0.25, 0.3) is 0 Å². The maximum Gasteiger partial charge on any atom is 0.417 e. The van der Waals surface area contributed by atoms with Crippen molar-refractivity contribution in [3.63, 3.8) is 0 Å². The fourth-order valence-electron chi connectivity index (χ4n) is 5.27. The van der Waals surface area contributed by atoms with Gasteiger partial charge in [-0.25, -0.2) is 12.7 Å². The van der Waals surface area contributed by atoms with E-state index in [0.717, 1.165) is 34.3 Å². The number of piperidine rings is 1. The van der Waals surface area contributed by atoms with Gasteiger partial charge in [-0.15, -0.1) is 0 Å². The van der Waals surface area contributed by atoms with Crippen LogP contribution < -0.4 is 10.2 Å². The summed E-state index contributed by atoms with van der Waals surface area (Å²) in [6.07, 6.45) is -7.87. The number of carbonyl (C=O) groups is 1. The lowest BCUT2D eigenvalue weighted by Crippen LogP contribution is -2.48. The highest BCUT2D eigenvalue weighted by Gasteiger charge is 2.38. The second kappa shape index (κ2) is 12.9.